The van der Waals surface area contributed by atoms with E-state index in [0.29, 0.717) is 0 Å². The average molecular weight is 268 g/mol. The van der Waals surface area contributed by atoms with Gasteiger partial charge in [-0.05, 0) is 30.0 Å². The largest absolute Gasteiger partial charge is 0.375 e. The molecule has 0 spiro atoms. The lowest BCUT2D eigenvalue weighted by molar-refractivity contribution is 0.0713. The van der Waals surface area contributed by atoms with Gasteiger partial charge >= 0.3 is 0 Å². The Bertz CT molecular complexity index is 568. The van der Waals surface area contributed by atoms with E-state index in [0.717, 1.165) is 24.1 Å². The molecule has 2 aromatic rings. The molecule has 0 bridgehead atoms. The van der Waals surface area contributed by atoms with Gasteiger partial charge in [0.15, 0.2) is 0 Å². The third-order valence-electron chi connectivity index (χ3n) is 4.20. The van der Waals surface area contributed by atoms with Gasteiger partial charge in [-0.2, -0.15) is 0 Å². The number of nitrogens with zero attached hydrogens (tertiary/aromatic N) is 1. The maximum absolute atomic E-state index is 6.52. The third kappa shape index (κ3) is 2.35. The van der Waals surface area contributed by atoms with Gasteiger partial charge in [-0.25, -0.2) is 0 Å². The maximum Gasteiger partial charge on any atom is 0.0978 e. The summed E-state index contributed by atoms with van der Waals surface area (Å²) in [6.45, 7) is 0. The highest BCUT2D eigenvalue weighted by atomic mass is 16.5. The number of aryl methyl sites for hydroxylation is 1. The van der Waals surface area contributed by atoms with Crippen molar-refractivity contribution >= 4 is 0 Å². The fourth-order valence-electron chi connectivity index (χ4n) is 3.19. The zero-order valence-corrected chi connectivity index (χ0v) is 11.7. The topological polar surface area (TPSA) is 48.1 Å². The molecule has 0 saturated carbocycles. The molecule has 1 aliphatic rings. The molecule has 0 fully saturated rings. The number of rotatable bonds is 4. The molecule has 3 unspecified atom stereocenters. The Balaban J connectivity index is 1.87. The molecule has 104 valence electrons. The summed E-state index contributed by atoms with van der Waals surface area (Å²) in [6.07, 6.45) is 3.88. The number of hydrogen-bond donors (Lipinski definition) is 1. The van der Waals surface area contributed by atoms with Gasteiger partial charge in [0.2, 0.25) is 0 Å². The van der Waals surface area contributed by atoms with E-state index in [1.54, 1.807) is 7.11 Å². The van der Waals surface area contributed by atoms with Crippen LogP contribution in [-0.4, -0.2) is 18.1 Å². The normalized spacial score (nSPS) is 20.4. The van der Waals surface area contributed by atoms with Crippen molar-refractivity contribution in [2.45, 2.75) is 30.9 Å². The Labute approximate surface area is 119 Å². The standard InChI is InChI=1S/C17H20N2O/c1-20-17(13-6-3-2-4-7-13)15(18)14-10-9-12-8-5-11-19-16(12)14/h2-8,11,14-15,17H,9-10,18H2,1H3. The lowest BCUT2D eigenvalue weighted by Crippen LogP contribution is -2.35. The molecule has 0 radical (unpaired) electrons. The molecule has 1 aromatic carbocycles. The monoisotopic (exact) mass is 268 g/mol. The van der Waals surface area contributed by atoms with E-state index in [1.165, 1.54) is 5.56 Å². The van der Waals surface area contributed by atoms with Crippen LogP contribution in [0.3, 0.4) is 0 Å². The van der Waals surface area contributed by atoms with Gasteiger partial charge in [0, 0.05) is 31.0 Å². The van der Waals surface area contributed by atoms with E-state index in [4.69, 9.17) is 10.5 Å². The lowest BCUT2D eigenvalue weighted by atomic mass is 9.89. The van der Waals surface area contributed by atoms with Crippen molar-refractivity contribution in [3.8, 4) is 0 Å². The average Bonchev–Trinajstić information content (AvgIpc) is 2.93. The molecule has 3 heteroatoms. The molecule has 0 amide bonds. The molecular formula is C17H20N2O. The summed E-state index contributed by atoms with van der Waals surface area (Å²) in [5, 5.41) is 0. The zero-order valence-electron chi connectivity index (χ0n) is 11.7. The number of pyridine rings is 1. The van der Waals surface area contributed by atoms with E-state index in [-0.39, 0.29) is 18.1 Å². The quantitative estimate of drug-likeness (QED) is 0.927. The zero-order chi connectivity index (χ0) is 13.9. The van der Waals surface area contributed by atoms with E-state index in [9.17, 15) is 0 Å². The van der Waals surface area contributed by atoms with Crippen LogP contribution in [0.25, 0.3) is 0 Å². The second-order valence-corrected chi connectivity index (χ2v) is 5.34. The van der Waals surface area contributed by atoms with Gasteiger partial charge < -0.3 is 10.5 Å². The Morgan fingerprint density at radius 3 is 2.75 bits per heavy atom. The summed E-state index contributed by atoms with van der Waals surface area (Å²) >= 11 is 0. The number of nitrogens with two attached hydrogens (primary N) is 1. The van der Waals surface area contributed by atoms with Crippen molar-refractivity contribution in [3.05, 3.63) is 65.5 Å². The van der Waals surface area contributed by atoms with Crippen molar-refractivity contribution in [1.29, 1.82) is 0 Å². The van der Waals surface area contributed by atoms with Crippen LogP contribution in [0.2, 0.25) is 0 Å². The third-order valence-corrected chi connectivity index (χ3v) is 4.20. The van der Waals surface area contributed by atoms with E-state index in [1.807, 2.05) is 30.5 Å². The van der Waals surface area contributed by atoms with Gasteiger partial charge in [0.25, 0.3) is 0 Å². The molecule has 3 atom stereocenters. The van der Waals surface area contributed by atoms with E-state index in [2.05, 4.69) is 23.2 Å². The summed E-state index contributed by atoms with van der Waals surface area (Å²) in [4.78, 5) is 4.54. The lowest BCUT2D eigenvalue weighted by Gasteiger charge is -2.28. The highest BCUT2D eigenvalue weighted by molar-refractivity contribution is 5.31. The van der Waals surface area contributed by atoms with Crippen molar-refractivity contribution in [1.82, 2.24) is 4.98 Å². The van der Waals surface area contributed by atoms with Gasteiger partial charge in [0.1, 0.15) is 0 Å². The number of ether oxygens (including phenoxy) is 1. The molecule has 3 rings (SSSR count). The number of benzene rings is 1. The van der Waals surface area contributed by atoms with Gasteiger partial charge in [-0.1, -0.05) is 36.4 Å². The second kappa shape index (κ2) is 5.73. The van der Waals surface area contributed by atoms with Crippen molar-refractivity contribution < 1.29 is 4.74 Å². The van der Waals surface area contributed by atoms with Crippen LogP contribution in [0, 0.1) is 0 Å². The van der Waals surface area contributed by atoms with Crippen LogP contribution in [0.15, 0.2) is 48.7 Å². The predicted octanol–water partition coefficient (Wildman–Crippen LogP) is 2.83. The fraction of sp³-hybridized carbons (Fsp3) is 0.353. The Morgan fingerprint density at radius 1 is 1.20 bits per heavy atom. The van der Waals surface area contributed by atoms with Crippen LogP contribution < -0.4 is 5.73 Å². The van der Waals surface area contributed by atoms with E-state index >= 15 is 0 Å². The van der Waals surface area contributed by atoms with Crippen molar-refractivity contribution in [2.75, 3.05) is 7.11 Å². The smallest absolute Gasteiger partial charge is 0.0978 e. The first-order valence-electron chi connectivity index (χ1n) is 7.08. The van der Waals surface area contributed by atoms with Crippen LogP contribution >= 0.6 is 0 Å². The number of fused-ring (bicyclic) bond motifs is 1. The van der Waals surface area contributed by atoms with Crippen molar-refractivity contribution in [3.63, 3.8) is 0 Å². The molecule has 20 heavy (non-hydrogen) atoms. The predicted molar refractivity (Wildman–Crippen MR) is 79.5 cm³/mol. The second-order valence-electron chi connectivity index (χ2n) is 5.34. The molecule has 0 saturated heterocycles. The number of hydrogen-bond acceptors (Lipinski definition) is 3. The first-order chi connectivity index (χ1) is 9.81. The minimum Gasteiger partial charge on any atom is -0.375 e. The summed E-state index contributed by atoms with van der Waals surface area (Å²) in [7, 11) is 1.73. The summed E-state index contributed by atoms with van der Waals surface area (Å²) in [5.41, 5.74) is 10.1. The Kier molecular flexibility index (Phi) is 3.81. The minimum atomic E-state index is -0.0887. The number of methoxy groups -OCH3 is 1. The fourth-order valence-corrected chi connectivity index (χ4v) is 3.19. The highest BCUT2D eigenvalue weighted by Crippen LogP contribution is 2.37. The molecule has 1 aliphatic carbocycles. The van der Waals surface area contributed by atoms with Crippen molar-refractivity contribution in [2.24, 2.45) is 5.73 Å². The summed E-state index contributed by atoms with van der Waals surface area (Å²) in [5.74, 6) is 0.274. The van der Waals surface area contributed by atoms with Gasteiger partial charge in [-0.3, -0.25) is 4.98 Å². The molecule has 3 nitrogen and oxygen atoms in total. The summed E-state index contributed by atoms with van der Waals surface area (Å²) < 4.78 is 5.67. The maximum atomic E-state index is 6.52. The highest BCUT2D eigenvalue weighted by Gasteiger charge is 2.34. The molecule has 1 heterocycles. The van der Waals surface area contributed by atoms with Crippen LogP contribution in [-0.2, 0) is 11.2 Å². The SMILES string of the molecule is COC(c1ccccc1)C(N)C1CCc2cccnc21. The van der Waals surface area contributed by atoms with Crippen LogP contribution in [0.1, 0.15) is 35.3 Å². The molecule has 0 aliphatic heterocycles. The first kappa shape index (κ1) is 13.3. The van der Waals surface area contributed by atoms with Crippen LogP contribution in [0.4, 0.5) is 0 Å². The number of aromatic nitrogens is 1. The molecule has 2 N–H and O–H groups in total. The minimum absolute atomic E-state index is 0.0708. The van der Waals surface area contributed by atoms with E-state index < -0.39 is 0 Å². The Morgan fingerprint density at radius 2 is 2.00 bits per heavy atom. The Hall–Kier alpha value is -1.71. The van der Waals surface area contributed by atoms with Gasteiger partial charge in [-0.15, -0.1) is 0 Å². The first-order valence-corrected chi connectivity index (χ1v) is 7.08. The van der Waals surface area contributed by atoms with Crippen LogP contribution in [0.5, 0.6) is 0 Å². The molecular weight excluding hydrogens is 248 g/mol. The summed E-state index contributed by atoms with van der Waals surface area (Å²) in [6, 6.07) is 14.3. The van der Waals surface area contributed by atoms with Gasteiger partial charge in [0.05, 0.1) is 6.10 Å². The molecule has 1 aromatic heterocycles.